The Hall–Kier alpha value is -0.390. The van der Waals surface area contributed by atoms with Crippen LogP contribution in [0.3, 0.4) is 0 Å². The first-order chi connectivity index (χ1) is 7.63. The van der Waals surface area contributed by atoms with Crippen LogP contribution < -0.4 is 10.6 Å². The zero-order valence-electron chi connectivity index (χ0n) is 9.55. The molecule has 1 aromatic heterocycles. The Morgan fingerprint density at radius 2 is 2.31 bits per heavy atom. The van der Waals surface area contributed by atoms with Crippen LogP contribution in [0.25, 0.3) is 0 Å². The maximum absolute atomic E-state index is 11.2. The predicted octanol–water partition coefficient (Wildman–Crippen LogP) is 2.69. The monoisotopic (exact) mass is 304 g/mol. The minimum absolute atomic E-state index is 0.106. The molecule has 1 aromatic rings. The van der Waals surface area contributed by atoms with Crippen molar-refractivity contribution in [2.45, 2.75) is 26.3 Å². The number of hydrogen-bond donors (Lipinski definition) is 2. The van der Waals surface area contributed by atoms with Gasteiger partial charge < -0.3 is 10.6 Å². The van der Waals surface area contributed by atoms with Crippen LogP contribution in [0.15, 0.2) is 15.9 Å². The van der Waals surface area contributed by atoms with Crippen LogP contribution in [0.4, 0.5) is 0 Å². The minimum Gasteiger partial charge on any atom is -0.356 e. The summed E-state index contributed by atoms with van der Waals surface area (Å²) in [6.07, 6.45) is 0.532. The molecule has 2 N–H and O–H groups in total. The Balaban J connectivity index is 2.25. The van der Waals surface area contributed by atoms with Crippen molar-refractivity contribution < 1.29 is 4.79 Å². The highest BCUT2D eigenvalue weighted by Gasteiger charge is 2.07. The van der Waals surface area contributed by atoms with Gasteiger partial charge in [0, 0.05) is 30.4 Å². The molecule has 1 unspecified atom stereocenters. The van der Waals surface area contributed by atoms with E-state index in [9.17, 15) is 4.79 Å². The molecule has 1 amide bonds. The lowest BCUT2D eigenvalue weighted by Gasteiger charge is -2.11. The van der Waals surface area contributed by atoms with Crippen molar-refractivity contribution in [2.24, 2.45) is 0 Å². The van der Waals surface area contributed by atoms with Crippen LogP contribution in [0, 0.1) is 0 Å². The summed E-state index contributed by atoms with van der Waals surface area (Å²) in [6, 6.07) is 4.44. The highest BCUT2D eigenvalue weighted by atomic mass is 79.9. The third-order valence-electron chi connectivity index (χ3n) is 2.20. The first-order valence-corrected chi connectivity index (χ1v) is 6.99. The van der Waals surface area contributed by atoms with E-state index in [-0.39, 0.29) is 5.91 Å². The van der Waals surface area contributed by atoms with Crippen molar-refractivity contribution in [3.63, 3.8) is 0 Å². The number of hydrogen-bond acceptors (Lipinski definition) is 3. The standard InChI is InChI=1S/C11H17BrN2OS/c1-3-13-11(15)6-7-14-8(2)9-4-5-10(12)16-9/h4-5,8,14H,3,6-7H2,1-2H3,(H,13,15). The smallest absolute Gasteiger partial charge is 0.221 e. The van der Waals surface area contributed by atoms with Crippen LogP contribution in [-0.4, -0.2) is 19.0 Å². The largest absolute Gasteiger partial charge is 0.356 e. The van der Waals surface area contributed by atoms with E-state index < -0.39 is 0 Å². The van der Waals surface area contributed by atoms with Gasteiger partial charge in [-0.3, -0.25) is 4.79 Å². The third kappa shape index (κ3) is 4.63. The summed E-state index contributed by atoms with van der Waals surface area (Å²) in [5.74, 6) is 0.106. The average Bonchev–Trinajstić information content (AvgIpc) is 2.65. The van der Waals surface area contributed by atoms with Crippen molar-refractivity contribution in [2.75, 3.05) is 13.1 Å². The van der Waals surface area contributed by atoms with Gasteiger partial charge in [0.1, 0.15) is 0 Å². The first-order valence-electron chi connectivity index (χ1n) is 5.38. The molecule has 1 atom stereocenters. The van der Waals surface area contributed by atoms with Gasteiger partial charge in [-0.15, -0.1) is 11.3 Å². The minimum atomic E-state index is 0.106. The van der Waals surface area contributed by atoms with Crippen LogP contribution in [0.1, 0.15) is 31.2 Å². The van der Waals surface area contributed by atoms with E-state index in [2.05, 4.69) is 39.6 Å². The lowest BCUT2D eigenvalue weighted by atomic mass is 10.2. The summed E-state index contributed by atoms with van der Waals surface area (Å²) in [5.41, 5.74) is 0. The van der Waals surface area contributed by atoms with Gasteiger partial charge >= 0.3 is 0 Å². The predicted molar refractivity (Wildman–Crippen MR) is 71.7 cm³/mol. The molecule has 3 nitrogen and oxygen atoms in total. The van der Waals surface area contributed by atoms with Gasteiger partial charge in [-0.05, 0) is 41.9 Å². The zero-order chi connectivity index (χ0) is 12.0. The first kappa shape index (κ1) is 13.7. The highest BCUT2D eigenvalue weighted by Crippen LogP contribution is 2.26. The van der Waals surface area contributed by atoms with Crippen LogP contribution in [0.5, 0.6) is 0 Å². The van der Waals surface area contributed by atoms with Crippen molar-refractivity contribution in [1.82, 2.24) is 10.6 Å². The number of nitrogens with one attached hydrogen (secondary N) is 2. The molecule has 5 heteroatoms. The highest BCUT2D eigenvalue weighted by molar-refractivity contribution is 9.11. The molecule has 0 saturated heterocycles. The van der Waals surface area contributed by atoms with Gasteiger partial charge in [0.05, 0.1) is 3.79 Å². The second-order valence-electron chi connectivity index (χ2n) is 3.52. The normalized spacial score (nSPS) is 12.4. The van der Waals surface area contributed by atoms with Gasteiger partial charge in [-0.1, -0.05) is 0 Å². The molecule has 1 rings (SSSR count). The van der Waals surface area contributed by atoms with E-state index in [1.807, 2.05) is 13.0 Å². The number of carbonyl (C=O) groups is 1. The Morgan fingerprint density at radius 3 is 2.88 bits per heavy atom. The van der Waals surface area contributed by atoms with E-state index in [4.69, 9.17) is 0 Å². The molecule has 0 saturated carbocycles. The number of rotatable bonds is 6. The SMILES string of the molecule is CCNC(=O)CCNC(C)c1ccc(Br)s1. The van der Waals surface area contributed by atoms with Gasteiger partial charge in [0.15, 0.2) is 0 Å². The molecule has 0 aliphatic carbocycles. The topological polar surface area (TPSA) is 41.1 Å². The molecule has 0 aromatic carbocycles. The third-order valence-corrected chi connectivity index (χ3v) is 4.00. The second kappa shape index (κ2) is 7.04. The molecule has 16 heavy (non-hydrogen) atoms. The maximum atomic E-state index is 11.2. The van der Waals surface area contributed by atoms with Gasteiger partial charge in [-0.25, -0.2) is 0 Å². The summed E-state index contributed by atoms with van der Waals surface area (Å²) in [7, 11) is 0. The second-order valence-corrected chi connectivity index (χ2v) is 6.02. The summed E-state index contributed by atoms with van der Waals surface area (Å²) >= 11 is 5.16. The molecule has 0 aliphatic rings. The molecule has 0 radical (unpaired) electrons. The number of thiophene rings is 1. The molecular weight excluding hydrogens is 288 g/mol. The summed E-state index contributed by atoms with van der Waals surface area (Å²) in [5, 5.41) is 6.11. The van der Waals surface area contributed by atoms with Crippen molar-refractivity contribution in [3.8, 4) is 0 Å². The molecule has 0 spiro atoms. The number of halogens is 1. The Kier molecular flexibility index (Phi) is 6.01. The molecular formula is C11H17BrN2OS. The molecule has 0 bridgehead atoms. The van der Waals surface area contributed by atoms with E-state index in [0.717, 1.165) is 3.79 Å². The lowest BCUT2D eigenvalue weighted by Crippen LogP contribution is -2.28. The van der Waals surface area contributed by atoms with E-state index in [1.54, 1.807) is 11.3 Å². The maximum Gasteiger partial charge on any atom is 0.221 e. The summed E-state index contributed by atoms with van der Waals surface area (Å²) < 4.78 is 1.14. The molecule has 1 heterocycles. The van der Waals surface area contributed by atoms with Gasteiger partial charge in [-0.2, -0.15) is 0 Å². The average molecular weight is 305 g/mol. The van der Waals surface area contributed by atoms with Crippen molar-refractivity contribution >= 4 is 33.2 Å². The van der Waals surface area contributed by atoms with Crippen molar-refractivity contribution in [1.29, 1.82) is 0 Å². The fraction of sp³-hybridized carbons (Fsp3) is 0.545. The van der Waals surface area contributed by atoms with Crippen LogP contribution >= 0.6 is 27.3 Å². The fourth-order valence-corrected chi connectivity index (χ4v) is 2.80. The summed E-state index contributed by atoms with van der Waals surface area (Å²) in [6.45, 7) is 5.45. The van der Waals surface area contributed by atoms with Gasteiger partial charge in [0.2, 0.25) is 5.91 Å². The molecule has 0 aliphatic heterocycles. The number of amides is 1. The molecule has 0 fully saturated rings. The fourth-order valence-electron chi connectivity index (χ4n) is 1.35. The quantitative estimate of drug-likeness (QED) is 0.848. The van der Waals surface area contributed by atoms with E-state index in [0.29, 0.717) is 25.6 Å². The van der Waals surface area contributed by atoms with E-state index >= 15 is 0 Å². The lowest BCUT2D eigenvalue weighted by molar-refractivity contribution is -0.120. The van der Waals surface area contributed by atoms with Crippen molar-refractivity contribution in [3.05, 3.63) is 20.8 Å². The zero-order valence-corrected chi connectivity index (χ0v) is 12.0. The van der Waals surface area contributed by atoms with Gasteiger partial charge in [0.25, 0.3) is 0 Å². The number of carbonyl (C=O) groups excluding carboxylic acids is 1. The van der Waals surface area contributed by atoms with Crippen LogP contribution in [-0.2, 0) is 4.79 Å². The van der Waals surface area contributed by atoms with E-state index in [1.165, 1.54) is 4.88 Å². The van der Waals surface area contributed by atoms with Crippen LogP contribution in [0.2, 0.25) is 0 Å². The molecule has 90 valence electrons. The Morgan fingerprint density at radius 1 is 1.56 bits per heavy atom. The Bertz CT molecular complexity index is 340. The Labute approximate surface area is 109 Å². The summed E-state index contributed by atoms with van der Waals surface area (Å²) in [4.78, 5) is 12.5.